The summed E-state index contributed by atoms with van der Waals surface area (Å²) in [5, 5.41) is 0. The van der Waals surface area contributed by atoms with E-state index in [0.29, 0.717) is 0 Å². The summed E-state index contributed by atoms with van der Waals surface area (Å²) in [5.74, 6) is 0. The summed E-state index contributed by atoms with van der Waals surface area (Å²) in [6.07, 6.45) is 1.78. The summed E-state index contributed by atoms with van der Waals surface area (Å²) in [4.78, 5) is 6.29. The van der Waals surface area contributed by atoms with Gasteiger partial charge in [-0.15, -0.1) is 0 Å². The van der Waals surface area contributed by atoms with Crippen molar-refractivity contribution in [2.24, 2.45) is 0 Å². The molecule has 0 saturated carbocycles. The number of benzene rings is 1. The van der Waals surface area contributed by atoms with Gasteiger partial charge in [0.25, 0.3) is 0 Å². The van der Waals surface area contributed by atoms with Crippen molar-refractivity contribution in [3.8, 4) is 0 Å². The van der Waals surface area contributed by atoms with Crippen LogP contribution < -0.4 is 5.43 Å². The van der Waals surface area contributed by atoms with Gasteiger partial charge in [0.2, 0.25) is 0 Å². The maximum absolute atomic E-state index is 5.28. The van der Waals surface area contributed by atoms with Gasteiger partial charge in [-0.2, -0.15) is 0 Å². The van der Waals surface area contributed by atoms with Crippen molar-refractivity contribution < 1.29 is 20.4 Å². The summed E-state index contributed by atoms with van der Waals surface area (Å²) in [5.41, 5.74) is 9.26. The normalized spacial score (nSPS) is 13.5. The predicted molar refractivity (Wildman–Crippen MR) is 83.9 cm³/mol. The number of aromatic nitrogens is 1. The molecule has 0 bridgehead atoms. The van der Waals surface area contributed by atoms with Gasteiger partial charge in [0.1, 0.15) is 0 Å². The van der Waals surface area contributed by atoms with Crippen LogP contribution in [-0.2, 0) is 33.1 Å². The molecular weight excluding hydrogens is 375 g/mol. The third-order valence-corrected chi connectivity index (χ3v) is 3.39. The van der Waals surface area contributed by atoms with E-state index in [1.807, 2.05) is 67.5 Å². The molecule has 0 aliphatic rings. The second-order valence-corrected chi connectivity index (χ2v) is 5.09. The molecule has 0 fully saturated rings. The van der Waals surface area contributed by atoms with Crippen molar-refractivity contribution >= 4 is 12.6 Å². The summed E-state index contributed by atoms with van der Waals surface area (Å²) in [6, 6.07) is 15.7. The maximum atomic E-state index is 5.28. The summed E-state index contributed by atoms with van der Waals surface area (Å²) in [7, 11) is 3.83. The molecule has 2 aromatic rings. The Morgan fingerprint density at radius 3 is 2.33 bits per heavy atom. The molecule has 1 aromatic carbocycles. The zero-order valence-electron chi connectivity index (χ0n) is 11.9. The van der Waals surface area contributed by atoms with E-state index >= 15 is 0 Å². The molecule has 1 heterocycles. The van der Waals surface area contributed by atoms with Crippen LogP contribution in [0.15, 0.2) is 54.7 Å². The minimum atomic E-state index is -0.245. The molecule has 6 heteroatoms. The van der Waals surface area contributed by atoms with E-state index in [0.717, 1.165) is 11.3 Å². The molecule has 4 nitrogen and oxygen atoms in total. The van der Waals surface area contributed by atoms with Crippen LogP contribution in [0.4, 0.5) is 0 Å². The third-order valence-electron chi connectivity index (χ3n) is 2.87. The van der Waals surface area contributed by atoms with Crippen LogP contribution in [0.25, 0.3) is 5.43 Å². The Morgan fingerprint density at radius 1 is 1.10 bits per heavy atom. The molecule has 0 radical (unpaired) electrons. The minimum absolute atomic E-state index is 0. The number of rotatable bonds is 6. The van der Waals surface area contributed by atoms with Crippen LogP contribution in [0, 0.1) is 0 Å². The molecule has 2 unspecified atom stereocenters. The van der Waals surface area contributed by atoms with Crippen molar-refractivity contribution in [1.82, 2.24) is 15.3 Å². The topological polar surface area (TPSA) is 42.3 Å². The number of hydrogen-bond acceptors (Lipinski definition) is 4. The van der Waals surface area contributed by atoms with Crippen LogP contribution in [0.1, 0.15) is 17.3 Å². The van der Waals surface area contributed by atoms with Crippen LogP contribution >= 0.6 is 0 Å². The van der Waals surface area contributed by atoms with Crippen LogP contribution in [0.3, 0.4) is 0 Å². The second-order valence-electron chi connectivity index (χ2n) is 4.64. The smallest absolute Gasteiger partial charge is 0.760 e. The number of nitrogens with one attached hydrogen (secondary N) is 1. The fourth-order valence-corrected chi connectivity index (χ4v) is 1.80. The van der Waals surface area contributed by atoms with Gasteiger partial charge in [-0.25, -0.2) is 0 Å². The Kier molecular flexibility index (Phi) is 8.12. The second kappa shape index (κ2) is 9.31. The summed E-state index contributed by atoms with van der Waals surface area (Å²) < 4.78 is 0. The number of pyridine rings is 1. The molecule has 2 rings (SSSR count). The fourth-order valence-electron chi connectivity index (χ4n) is 1.74. The van der Waals surface area contributed by atoms with Gasteiger partial charge in [-0.05, 0) is 26.2 Å². The van der Waals surface area contributed by atoms with E-state index in [2.05, 4.69) is 15.8 Å². The Morgan fingerprint density at radius 2 is 1.76 bits per heavy atom. The fraction of sp³-hybridized carbons (Fsp3) is 0.267. The molecule has 1 N–H and O–H groups in total. The van der Waals surface area contributed by atoms with Crippen LogP contribution in [-0.4, -0.2) is 29.5 Å². The first-order valence-electron chi connectivity index (χ1n) is 6.42. The van der Waals surface area contributed by atoms with Crippen molar-refractivity contribution in [3.05, 3.63) is 71.4 Å². The van der Waals surface area contributed by atoms with E-state index < -0.39 is 0 Å². The molecule has 114 valence electrons. The Labute approximate surface area is 145 Å². The third kappa shape index (κ3) is 5.51. The predicted octanol–water partition coefficient (Wildman–Crippen LogP) is 2.44. The monoisotopic (exact) mass is 392 g/mol. The van der Waals surface area contributed by atoms with Gasteiger partial charge >= 0.3 is 20.4 Å². The molecule has 0 saturated heterocycles. The van der Waals surface area contributed by atoms with E-state index in [4.69, 9.17) is 12.6 Å². The van der Waals surface area contributed by atoms with Gasteiger partial charge in [0.15, 0.2) is 0 Å². The largest absolute Gasteiger partial charge is 2.00 e. The Hall–Kier alpha value is -0.738. The van der Waals surface area contributed by atoms with Crippen molar-refractivity contribution in [3.63, 3.8) is 0 Å². The van der Waals surface area contributed by atoms with E-state index in [-0.39, 0.29) is 32.0 Å². The number of hydrogen-bond donors (Lipinski definition) is 1. The zero-order chi connectivity index (χ0) is 14.4. The van der Waals surface area contributed by atoms with Gasteiger partial charge in [0, 0.05) is 11.9 Å². The molecule has 21 heavy (non-hydrogen) atoms. The van der Waals surface area contributed by atoms with Crippen LogP contribution in [0.2, 0.25) is 0 Å². The first-order valence-corrected chi connectivity index (χ1v) is 6.89. The number of nitrogens with zero attached hydrogens (tertiary/aromatic N) is 3. The van der Waals surface area contributed by atoms with E-state index in [1.54, 1.807) is 6.20 Å². The molecular formula is C15H18N4PdS. The quantitative estimate of drug-likeness (QED) is 0.355. The molecule has 0 spiro atoms. The first-order chi connectivity index (χ1) is 9.68. The Balaban J connectivity index is 0.00000220. The molecule has 0 amide bonds. The van der Waals surface area contributed by atoms with E-state index in [1.165, 1.54) is 0 Å². The Bertz CT molecular complexity index is 470. The van der Waals surface area contributed by atoms with Gasteiger partial charge < -0.3 is 28.4 Å². The van der Waals surface area contributed by atoms with Crippen molar-refractivity contribution in [1.29, 1.82) is 0 Å². The molecule has 0 aliphatic heterocycles. The summed E-state index contributed by atoms with van der Waals surface area (Å²) in [6.45, 7) is 0. The average Bonchev–Trinajstić information content (AvgIpc) is 2.49. The maximum Gasteiger partial charge on any atom is 2.00 e. The molecule has 2 atom stereocenters. The zero-order valence-corrected chi connectivity index (χ0v) is 14.3. The minimum Gasteiger partial charge on any atom is -0.760 e. The molecule has 1 aromatic heterocycles. The first kappa shape index (κ1) is 18.3. The SMILES string of the molecule is CN(C)C([S-])N[N-]C(c1ccccc1)c1ccccn1.[Pd+2]. The van der Waals surface area contributed by atoms with Gasteiger partial charge in [-0.1, -0.05) is 53.5 Å². The van der Waals surface area contributed by atoms with Gasteiger partial charge in [-0.3, -0.25) is 4.98 Å². The summed E-state index contributed by atoms with van der Waals surface area (Å²) >= 11 is 5.28. The van der Waals surface area contributed by atoms with Crippen molar-refractivity contribution in [2.45, 2.75) is 11.5 Å². The van der Waals surface area contributed by atoms with E-state index in [9.17, 15) is 0 Å². The average molecular weight is 393 g/mol. The van der Waals surface area contributed by atoms with Crippen molar-refractivity contribution in [2.75, 3.05) is 14.1 Å². The standard InChI is InChI=1S/C15H19N4S.Pd/c1-19(2)15(20)18-17-14(12-8-4-3-5-9-12)13-10-6-7-11-16-13;/h3-11,14-15,18,20H,1-2H3;/q-1;+2/p-1. The van der Waals surface area contributed by atoms with Crippen LogP contribution in [0.5, 0.6) is 0 Å². The molecule has 0 aliphatic carbocycles. The van der Waals surface area contributed by atoms with Gasteiger partial charge in [0.05, 0.1) is 0 Å².